The van der Waals surface area contributed by atoms with Crippen LogP contribution < -0.4 is 0 Å². The van der Waals surface area contributed by atoms with Crippen LogP contribution in [0.4, 0.5) is 8.78 Å². The van der Waals surface area contributed by atoms with Gasteiger partial charge in [0.15, 0.2) is 0 Å². The van der Waals surface area contributed by atoms with E-state index in [-0.39, 0.29) is 11.5 Å². The topological polar surface area (TPSA) is 20.2 Å². The highest BCUT2D eigenvalue weighted by molar-refractivity contribution is 5.24. The van der Waals surface area contributed by atoms with Gasteiger partial charge in [-0.2, -0.15) is 0 Å². The van der Waals surface area contributed by atoms with Gasteiger partial charge in [-0.3, -0.25) is 0 Å². The Morgan fingerprint density at radius 2 is 1.53 bits per heavy atom. The minimum atomic E-state index is -0.739. The van der Waals surface area contributed by atoms with Crippen molar-refractivity contribution in [2.75, 3.05) is 0 Å². The van der Waals surface area contributed by atoms with Gasteiger partial charge in [0.2, 0.25) is 0 Å². The Morgan fingerprint density at radius 3 is 1.93 bits per heavy atom. The Labute approximate surface area is 88.7 Å². The van der Waals surface area contributed by atoms with Crippen LogP contribution in [0.2, 0.25) is 0 Å². The van der Waals surface area contributed by atoms with Crippen molar-refractivity contribution in [1.82, 2.24) is 0 Å². The molecule has 1 aromatic rings. The zero-order valence-corrected chi connectivity index (χ0v) is 9.17. The third-order valence-electron chi connectivity index (χ3n) is 2.65. The molecule has 0 radical (unpaired) electrons. The molecule has 0 amide bonds. The van der Waals surface area contributed by atoms with Gasteiger partial charge in [-0.1, -0.05) is 26.8 Å². The third-order valence-corrected chi connectivity index (χ3v) is 2.65. The lowest BCUT2D eigenvalue weighted by Gasteiger charge is -2.23. The average Bonchev–Trinajstić information content (AvgIpc) is 2.15. The zero-order valence-electron chi connectivity index (χ0n) is 9.17. The van der Waals surface area contributed by atoms with Crippen molar-refractivity contribution in [1.29, 1.82) is 0 Å². The molecule has 1 N–H and O–H groups in total. The van der Waals surface area contributed by atoms with Gasteiger partial charge in [-0.05, 0) is 18.1 Å². The molecule has 0 aliphatic rings. The van der Waals surface area contributed by atoms with Gasteiger partial charge in [-0.25, -0.2) is 8.78 Å². The van der Waals surface area contributed by atoms with Crippen LogP contribution in [-0.2, 0) is 0 Å². The predicted octanol–water partition coefficient (Wildman–Crippen LogP) is 3.09. The van der Waals surface area contributed by atoms with E-state index in [0.717, 1.165) is 0 Å². The van der Waals surface area contributed by atoms with Crippen LogP contribution in [0, 0.1) is 17.6 Å². The van der Waals surface area contributed by atoms with E-state index < -0.39 is 23.7 Å². The molecule has 0 spiro atoms. The summed E-state index contributed by atoms with van der Waals surface area (Å²) in [5.41, 5.74) is -0.0290. The number of rotatable bonds is 3. The summed E-state index contributed by atoms with van der Waals surface area (Å²) in [6.07, 6.45) is -0.739. The summed E-state index contributed by atoms with van der Waals surface area (Å²) in [4.78, 5) is 0. The van der Waals surface area contributed by atoms with Crippen molar-refractivity contribution in [2.24, 2.45) is 5.92 Å². The largest absolute Gasteiger partial charge is 0.392 e. The van der Waals surface area contributed by atoms with Gasteiger partial charge in [0, 0.05) is 11.5 Å². The molecule has 2 unspecified atom stereocenters. The fourth-order valence-corrected chi connectivity index (χ4v) is 1.69. The van der Waals surface area contributed by atoms with Crippen LogP contribution in [0.5, 0.6) is 0 Å². The number of aliphatic hydroxyl groups excluding tert-OH is 1. The molecule has 0 heterocycles. The molecule has 3 heteroatoms. The first-order chi connectivity index (χ1) is 6.95. The second-order valence-corrected chi connectivity index (χ2v) is 4.16. The Balaban J connectivity index is 3.05. The highest BCUT2D eigenvalue weighted by atomic mass is 19.1. The first-order valence-electron chi connectivity index (χ1n) is 5.07. The Bertz CT molecular complexity index is 316. The van der Waals surface area contributed by atoms with Gasteiger partial charge in [0.1, 0.15) is 11.6 Å². The second-order valence-electron chi connectivity index (χ2n) is 4.16. The van der Waals surface area contributed by atoms with Crippen molar-refractivity contribution < 1.29 is 13.9 Å². The van der Waals surface area contributed by atoms with Crippen LogP contribution in [0.3, 0.4) is 0 Å². The average molecular weight is 214 g/mol. The summed E-state index contributed by atoms with van der Waals surface area (Å²) in [5.74, 6) is -1.75. The molecule has 84 valence electrons. The first-order valence-corrected chi connectivity index (χ1v) is 5.07. The standard InChI is InChI=1S/C12H16F2O/c1-7(2)12(15)8(3)11-9(13)5-4-6-10(11)14/h4-8,12,15H,1-3H3. The summed E-state index contributed by atoms with van der Waals surface area (Å²) >= 11 is 0. The SMILES string of the molecule is CC(C)C(O)C(C)c1c(F)cccc1F. The molecule has 0 bridgehead atoms. The molecule has 2 atom stereocenters. The molecule has 1 nitrogen and oxygen atoms in total. The summed E-state index contributed by atoms with van der Waals surface area (Å²) in [6, 6.07) is 3.74. The number of hydrogen-bond donors (Lipinski definition) is 1. The maximum Gasteiger partial charge on any atom is 0.129 e. The van der Waals surface area contributed by atoms with Crippen molar-refractivity contribution >= 4 is 0 Å². The van der Waals surface area contributed by atoms with Gasteiger partial charge in [0.05, 0.1) is 6.10 Å². The zero-order chi connectivity index (χ0) is 11.6. The molecular formula is C12H16F2O. The van der Waals surface area contributed by atoms with Crippen LogP contribution in [0.15, 0.2) is 18.2 Å². The Kier molecular flexibility index (Phi) is 3.80. The van der Waals surface area contributed by atoms with Crippen LogP contribution in [-0.4, -0.2) is 11.2 Å². The number of halogens is 2. The lowest BCUT2D eigenvalue weighted by atomic mass is 9.88. The Hall–Kier alpha value is -0.960. The summed E-state index contributed by atoms with van der Waals surface area (Å²) in [6.45, 7) is 5.27. The minimum absolute atomic E-state index is 0.0287. The highest BCUT2D eigenvalue weighted by Crippen LogP contribution is 2.28. The normalized spacial score (nSPS) is 15.4. The van der Waals surface area contributed by atoms with E-state index in [2.05, 4.69) is 0 Å². The molecule has 0 saturated heterocycles. The molecule has 1 aromatic carbocycles. The fraction of sp³-hybridized carbons (Fsp3) is 0.500. The highest BCUT2D eigenvalue weighted by Gasteiger charge is 2.24. The molecule has 0 aliphatic heterocycles. The quantitative estimate of drug-likeness (QED) is 0.819. The Morgan fingerprint density at radius 1 is 1.07 bits per heavy atom. The van der Waals surface area contributed by atoms with Gasteiger partial charge in [0.25, 0.3) is 0 Å². The van der Waals surface area contributed by atoms with E-state index in [1.54, 1.807) is 6.92 Å². The lowest BCUT2D eigenvalue weighted by Crippen LogP contribution is -2.23. The van der Waals surface area contributed by atoms with Crippen molar-refractivity contribution in [3.63, 3.8) is 0 Å². The van der Waals surface area contributed by atoms with Crippen molar-refractivity contribution in [2.45, 2.75) is 32.8 Å². The molecule has 1 rings (SSSR count). The first kappa shape index (κ1) is 12.1. The van der Waals surface area contributed by atoms with Crippen LogP contribution in [0.25, 0.3) is 0 Å². The van der Waals surface area contributed by atoms with Crippen LogP contribution >= 0.6 is 0 Å². The fourth-order valence-electron chi connectivity index (χ4n) is 1.69. The second kappa shape index (κ2) is 4.71. The summed E-state index contributed by atoms with van der Waals surface area (Å²) < 4.78 is 26.7. The number of hydrogen-bond acceptors (Lipinski definition) is 1. The van der Waals surface area contributed by atoms with Gasteiger partial charge in [-0.15, -0.1) is 0 Å². The summed E-state index contributed by atoms with van der Waals surface area (Å²) in [5, 5.41) is 9.76. The van der Waals surface area contributed by atoms with E-state index in [1.807, 2.05) is 13.8 Å². The van der Waals surface area contributed by atoms with E-state index >= 15 is 0 Å². The van der Waals surface area contributed by atoms with Gasteiger partial charge < -0.3 is 5.11 Å². The molecular weight excluding hydrogens is 198 g/mol. The predicted molar refractivity (Wildman–Crippen MR) is 55.6 cm³/mol. The maximum absolute atomic E-state index is 13.4. The molecule has 0 saturated carbocycles. The smallest absolute Gasteiger partial charge is 0.129 e. The molecule has 0 fully saturated rings. The van der Waals surface area contributed by atoms with Gasteiger partial charge >= 0.3 is 0 Å². The summed E-state index contributed by atoms with van der Waals surface area (Å²) in [7, 11) is 0. The number of benzene rings is 1. The van der Waals surface area contributed by atoms with E-state index in [4.69, 9.17) is 0 Å². The van der Waals surface area contributed by atoms with E-state index in [0.29, 0.717) is 0 Å². The van der Waals surface area contributed by atoms with Crippen molar-refractivity contribution in [3.8, 4) is 0 Å². The lowest BCUT2D eigenvalue weighted by molar-refractivity contribution is 0.0993. The van der Waals surface area contributed by atoms with Crippen molar-refractivity contribution in [3.05, 3.63) is 35.4 Å². The van der Waals surface area contributed by atoms with Crippen LogP contribution in [0.1, 0.15) is 32.3 Å². The van der Waals surface area contributed by atoms with E-state index in [9.17, 15) is 13.9 Å². The molecule has 15 heavy (non-hydrogen) atoms. The minimum Gasteiger partial charge on any atom is -0.392 e. The van der Waals surface area contributed by atoms with E-state index in [1.165, 1.54) is 18.2 Å². The number of aliphatic hydroxyl groups is 1. The molecule has 0 aromatic heterocycles. The third kappa shape index (κ3) is 2.53. The molecule has 0 aliphatic carbocycles. The monoisotopic (exact) mass is 214 g/mol. The maximum atomic E-state index is 13.4.